The molecule has 0 bridgehead atoms. The van der Waals surface area contributed by atoms with Crippen LogP contribution in [0.3, 0.4) is 0 Å². The molecule has 5 nitrogen and oxygen atoms in total. The molecule has 0 aromatic carbocycles. The second kappa shape index (κ2) is 12.8. The van der Waals surface area contributed by atoms with Crippen LogP contribution in [-0.4, -0.2) is 20.1 Å². The molecule has 0 saturated carbocycles. The molecular weight excluding hydrogens is 290 g/mol. The molecule has 124 valence electrons. The Hall–Kier alpha value is -0.880. The minimum atomic E-state index is -3.67. The van der Waals surface area contributed by atoms with Crippen LogP contribution in [0.5, 0.6) is 0 Å². The summed E-state index contributed by atoms with van der Waals surface area (Å²) in [7, 11) is -3.67. The number of hydrogen-bond donors (Lipinski definition) is 1. The maximum Gasteiger partial charge on any atom is 0.287 e. The number of amides is 1. The van der Waals surface area contributed by atoms with Crippen molar-refractivity contribution in [2.24, 2.45) is 0 Å². The summed E-state index contributed by atoms with van der Waals surface area (Å²) in [4.78, 5) is 10.8. The summed E-state index contributed by atoms with van der Waals surface area (Å²) >= 11 is 0. The van der Waals surface area contributed by atoms with E-state index in [2.05, 4.69) is 17.8 Å². The van der Waals surface area contributed by atoms with Gasteiger partial charge < -0.3 is 0 Å². The quantitative estimate of drug-likeness (QED) is 0.302. The van der Waals surface area contributed by atoms with Crippen LogP contribution in [0.25, 0.3) is 0 Å². The lowest BCUT2D eigenvalue weighted by Crippen LogP contribution is -2.26. The van der Waals surface area contributed by atoms with E-state index in [9.17, 15) is 13.2 Å². The topological polar surface area (TPSA) is 72.5 Å². The zero-order valence-electron chi connectivity index (χ0n) is 13.1. The summed E-state index contributed by atoms with van der Waals surface area (Å²) in [5, 5.41) is 0. The van der Waals surface area contributed by atoms with Crippen molar-refractivity contribution in [3.63, 3.8) is 0 Å². The van der Waals surface area contributed by atoms with Crippen LogP contribution >= 0.6 is 0 Å². The van der Waals surface area contributed by atoms with Crippen molar-refractivity contribution < 1.29 is 17.5 Å². The second-order valence-corrected chi connectivity index (χ2v) is 6.89. The van der Waals surface area contributed by atoms with Crippen molar-refractivity contribution in [3.05, 3.63) is 12.7 Å². The van der Waals surface area contributed by atoms with E-state index in [4.69, 9.17) is 0 Å². The Morgan fingerprint density at radius 1 is 1.00 bits per heavy atom. The third-order valence-corrected chi connectivity index (χ3v) is 4.33. The first kappa shape index (κ1) is 20.1. The summed E-state index contributed by atoms with van der Waals surface area (Å²) in [6.45, 7) is 5.41. The van der Waals surface area contributed by atoms with Gasteiger partial charge in [0.15, 0.2) is 0 Å². The van der Waals surface area contributed by atoms with Gasteiger partial charge in [-0.3, -0.25) is 4.79 Å². The number of carbonyl (C=O) groups excluding carboxylic acids is 1. The molecule has 6 heteroatoms. The molecule has 0 spiro atoms. The minimum Gasteiger partial charge on any atom is -0.268 e. The van der Waals surface area contributed by atoms with Gasteiger partial charge in [-0.1, -0.05) is 71.3 Å². The fourth-order valence-corrected chi connectivity index (χ4v) is 2.80. The number of rotatable bonds is 14. The van der Waals surface area contributed by atoms with Crippen LogP contribution < -0.4 is 5.48 Å². The number of hydroxylamine groups is 1. The van der Waals surface area contributed by atoms with E-state index < -0.39 is 16.0 Å². The van der Waals surface area contributed by atoms with E-state index >= 15 is 0 Å². The summed E-state index contributed by atoms with van der Waals surface area (Å²) in [6.07, 6.45) is 12.3. The molecular formula is C15H29NO4S. The molecule has 21 heavy (non-hydrogen) atoms. The monoisotopic (exact) mass is 319 g/mol. The van der Waals surface area contributed by atoms with Gasteiger partial charge in [-0.25, -0.2) is 5.48 Å². The molecule has 0 radical (unpaired) electrons. The minimum absolute atomic E-state index is 0.0685. The van der Waals surface area contributed by atoms with Crippen molar-refractivity contribution >= 4 is 16.0 Å². The molecule has 0 aliphatic rings. The van der Waals surface area contributed by atoms with E-state index in [1.54, 1.807) is 0 Å². The van der Waals surface area contributed by atoms with Crippen molar-refractivity contribution in [3.8, 4) is 0 Å². The van der Waals surface area contributed by atoms with E-state index in [1.807, 2.05) is 5.48 Å². The molecule has 0 saturated heterocycles. The maximum atomic E-state index is 11.4. The predicted octanol–water partition coefficient (Wildman–Crippen LogP) is 3.47. The smallest absolute Gasteiger partial charge is 0.268 e. The van der Waals surface area contributed by atoms with Crippen LogP contribution in [0.4, 0.5) is 0 Å². The Balaban J connectivity index is 3.45. The summed E-state index contributed by atoms with van der Waals surface area (Å²) in [5.74, 6) is -0.734. The molecule has 1 N–H and O–H groups in total. The molecule has 0 fully saturated rings. The molecule has 0 aliphatic carbocycles. The third-order valence-electron chi connectivity index (χ3n) is 3.20. The van der Waals surface area contributed by atoms with Gasteiger partial charge >= 0.3 is 0 Å². The van der Waals surface area contributed by atoms with Gasteiger partial charge in [0.05, 0.1) is 5.75 Å². The molecule has 0 rings (SSSR count). The van der Waals surface area contributed by atoms with Gasteiger partial charge in [0.25, 0.3) is 16.0 Å². The van der Waals surface area contributed by atoms with Gasteiger partial charge in [-0.05, 0) is 12.5 Å². The van der Waals surface area contributed by atoms with Crippen molar-refractivity contribution in [1.29, 1.82) is 0 Å². The molecule has 0 aromatic heterocycles. The summed E-state index contributed by atoms with van der Waals surface area (Å²) < 4.78 is 27.2. The van der Waals surface area contributed by atoms with Crippen LogP contribution in [0, 0.1) is 0 Å². The average Bonchev–Trinajstić information content (AvgIpc) is 2.46. The maximum absolute atomic E-state index is 11.4. The number of unbranched alkanes of at least 4 members (excludes halogenated alkanes) is 9. The van der Waals surface area contributed by atoms with E-state index in [-0.39, 0.29) is 5.75 Å². The Bertz CT molecular complexity index is 379. The Labute approximate surface area is 129 Å². The van der Waals surface area contributed by atoms with Gasteiger partial charge in [0.2, 0.25) is 0 Å². The highest BCUT2D eigenvalue weighted by molar-refractivity contribution is 7.86. The standard InChI is InChI=1S/C15H29NO4S/c1-3-5-6-7-8-9-10-11-12-13-14-21(18,19)20-16-15(17)4-2/h4H,2-3,5-14H2,1H3,(H,16,17). The highest BCUT2D eigenvalue weighted by Crippen LogP contribution is 2.11. The van der Waals surface area contributed by atoms with E-state index in [0.717, 1.165) is 25.3 Å². The van der Waals surface area contributed by atoms with Crippen molar-refractivity contribution in [2.75, 3.05) is 5.75 Å². The Kier molecular flexibility index (Phi) is 12.3. The van der Waals surface area contributed by atoms with Gasteiger partial charge in [0.1, 0.15) is 0 Å². The zero-order valence-corrected chi connectivity index (χ0v) is 13.9. The molecule has 1 amide bonds. The molecule has 0 unspecified atom stereocenters. The van der Waals surface area contributed by atoms with E-state index in [1.165, 1.54) is 38.5 Å². The third kappa shape index (κ3) is 13.8. The lowest BCUT2D eigenvalue weighted by atomic mass is 10.1. The molecule has 0 atom stereocenters. The summed E-state index contributed by atoms with van der Waals surface area (Å²) in [6, 6.07) is 0. The first-order valence-electron chi connectivity index (χ1n) is 7.85. The number of carbonyl (C=O) groups is 1. The first-order valence-corrected chi connectivity index (χ1v) is 9.43. The first-order chi connectivity index (χ1) is 10.0. The summed E-state index contributed by atoms with van der Waals surface area (Å²) in [5.41, 5.74) is 1.81. The van der Waals surface area contributed by atoms with Crippen LogP contribution in [0.15, 0.2) is 12.7 Å². The SMILES string of the molecule is C=CC(=O)NOS(=O)(=O)CCCCCCCCCCCC. The van der Waals surface area contributed by atoms with Crippen LogP contribution in [0.1, 0.15) is 71.1 Å². The van der Waals surface area contributed by atoms with Crippen molar-refractivity contribution in [1.82, 2.24) is 5.48 Å². The van der Waals surface area contributed by atoms with Crippen LogP contribution in [0.2, 0.25) is 0 Å². The zero-order chi connectivity index (χ0) is 16.0. The Morgan fingerprint density at radius 2 is 1.48 bits per heavy atom. The second-order valence-electron chi connectivity index (χ2n) is 5.20. The Morgan fingerprint density at radius 3 is 1.95 bits per heavy atom. The normalized spacial score (nSPS) is 11.3. The fraction of sp³-hybridized carbons (Fsp3) is 0.800. The molecule has 0 heterocycles. The molecule has 0 aromatic rings. The predicted molar refractivity (Wildman–Crippen MR) is 85.1 cm³/mol. The van der Waals surface area contributed by atoms with Gasteiger partial charge in [-0.15, -0.1) is 4.28 Å². The highest BCUT2D eigenvalue weighted by atomic mass is 32.2. The number of nitrogens with one attached hydrogen (secondary N) is 1. The largest absolute Gasteiger partial charge is 0.287 e. The lowest BCUT2D eigenvalue weighted by molar-refractivity contribution is -0.122. The number of hydrogen-bond acceptors (Lipinski definition) is 4. The van der Waals surface area contributed by atoms with Gasteiger partial charge in [0, 0.05) is 0 Å². The van der Waals surface area contributed by atoms with Crippen LogP contribution in [-0.2, 0) is 19.2 Å². The molecule has 0 aliphatic heterocycles. The lowest BCUT2D eigenvalue weighted by Gasteiger charge is -2.05. The van der Waals surface area contributed by atoms with E-state index in [0.29, 0.717) is 6.42 Å². The van der Waals surface area contributed by atoms with Gasteiger partial charge in [-0.2, -0.15) is 8.42 Å². The van der Waals surface area contributed by atoms with Crippen molar-refractivity contribution in [2.45, 2.75) is 71.1 Å². The fourth-order valence-electron chi connectivity index (χ4n) is 1.95. The average molecular weight is 319 g/mol. The highest BCUT2D eigenvalue weighted by Gasteiger charge is 2.12.